The van der Waals surface area contributed by atoms with E-state index >= 15 is 0 Å². The second kappa shape index (κ2) is 32.5. The van der Waals surface area contributed by atoms with Gasteiger partial charge in [-0.05, 0) is 212 Å². The standard InChI is InChI=1S/C44H28N2O.C38H22N2O2.C38H24N2O/c1-3-11-29(12-4-1)34-25-35(30-13-5-2-6-14-30)27-36(26-34)44-43(45-39-16-8-9-17-40(39)46-44)32-21-19-31(20-22-32)33-23-24-42-38(28-33)37-15-7-10-18-41(37)47-42;1-5-14-33-27(10-1)29-18-16-24(22-36(29)42-33)23-8-7-9-25(20-23)37-38(40-32-13-4-3-12-31(32)39-37)26-17-19-35-30(21-26)28-11-2-6-15-34(28)41-35;1-2-9-25(10-3-1)28-11-8-12-29(23-28)26-17-19-27(20-18-26)37-38(40-34-15-6-5-14-33(34)39-37)30-21-22-32-31-13-4-7-16-35(31)41-36(32)24-30/h1-28H;1-22H;1-24H. The first-order chi connectivity index (χ1) is 64.3. The molecule has 0 aliphatic heterocycles. The van der Waals surface area contributed by atoms with Crippen molar-refractivity contribution in [3.8, 4) is 134 Å². The average Bonchev–Trinajstić information content (AvgIpc) is 1.44. The van der Waals surface area contributed by atoms with Crippen LogP contribution in [0.2, 0.25) is 0 Å². The molecule has 0 radical (unpaired) electrons. The molecule has 0 unspecified atom stereocenters. The quantitative estimate of drug-likeness (QED) is 0.117. The van der Waals surface area contributed by atoms with Crippen LogP contribution < -0.4 is 0 Å². The maximum atomic E-state index is 6.21. The Balaban J connectivity index is 0.000000108. The number of fused-ring (bicyclic) bond motifs is 15. The smallest absolute Gasteiger partial charge is 0.136 e. The average molecular weight is 1660 g/mol. The molecule has 0 atom stereocenters. The van der Waals surface area contributed by atoms with Gasteiger partial charge in [0.1, 0.15) is 44.7 Å². The van der Waals surface area contributed by atoms with E-state index in [2.05, 4.69) is 297 Å². The monoisotopic (exact) mass is 1660 g/mol. The topological polar surface area (TPSA) is 130 Å². The van der Waals surface area contributed by atoms with Crippen molar-refractivity contribution in [1.29, 1.82) is 0 Å². The van der Waals surface area contributed by atoms with E-state index in [1.807, 2.05) is 152 Å². The molecule has 19 aromatic carbocycles. The van der Waals surface area contributed by atoms with Crippen LogP contribution >= 0.6 is 0 Å². The van der Waals surface area contributed by atoms with Crippen molar-refractivity contribution in [3.63, 3.8) is 0 Å². The highest BCUT2D eigenvalue weighted by atomic mass is 16.3. The Kier molecular flexibility index (Phi) is 19.0. The summed E-state index contributed by atoms with van der Waals surface area (Å²) in [6, 6.07) is 155. The molecule has 0 saturated heterocycles. The molecule has 26 rings (SSSR count). The lowest BCUT2D eigenvalue weighted by Crippen LogP contribution is -1.96. The van der Waals surface area contributed by atoms with Gasteiger partial charge in [0.15, 0.2) is 0 Å². The fraction of sp³-hybridized carbons (Fsp3) is 0. The van der Waals surface area contributed by atoms with Crippen LogP contribution in [0.5, 0.6) is 0 Å². The van der Waals surface area contributed by atoms with Gasteiger partial charge in [0.25, 0.3) is 0 Å². The highest BCUT2D eigenvalue weighted by molar-refractivity contribution is 6.10. The molecule has 7 heterocycles. The van der Waals surface area contributed by atoms with E-state index < -0.39 is 0 Å². The third-order valence-electron chi connectivity index (χ3n) is 24.6. The van der Waals surface area contributed by atoms with E-state index in [0.717, 1.165) is 238 Å². The fourth-order valence-electron chi connectivity index (χ4n) is 18.1. The van der Waals surface area contributed by atoms with Crippen LogP contribution in [0.1, 0.15) is 0 Å². The Labute approximate surface area is 746 Å². The Morgan fingerprint density at radius 2 is 0.315 bits per heavy atom. The van der Waals surface area contributed by atoms with Gasteiger partial charge in [0, 0.05) is 76.5 Å². The van der Waals surface area contributed by atoms with Gasteiger partial charge in [-0.15, -0.1) is 0 Å². The van der Waals surface area contributed by atoms with Crippen LogP contribution in [0, 0.1) is 0 Å². The van der Waals surface area contributed by atoms with Gasteiger partial charge < -0.3 is 17.7 Å². The molecule has 0 amide bonds. The summed E-state index contributed by atoms with van der Waals surface area (Å²) in [5.74, 6) is 0. The Morgan fingerprint density at radius 3 is 0.738 bits per heavy atom. The van der Waals surface area contributed by atoms with Gasteiger partial charge in [-0.3, -0.25) is 0 Å². The number of nitrogens with zero attached hydrogens (tertiary/aromatic N) is 6. The first-order valence-electron chi connectivity index (χ1n) is 43.6. The first kappa shape index (κ1) is 76.1. The molecule has 10 nitrogen and oxygen atoms in total. The minimum absolute atomic E-state index is 0.838. The van der Waals surface area contributed by atoms with Gasteiger partial charge in [-0.2, -0.15) is 0 Å². The predicted octanol–water partition coefficient (Wildman–Crippen LogP) is 32.5. The van der Waals surface area contributed by atoms with E-state index in [4.69, 9.17) is 47.6 Å². The summed E-state index contributed by atoms with van der Waals surface area (Å²) in [5, 5.41) is 8.88. The van der Waals surface area contributed by atoms with E-state index in [0.29, 0.717) is 0 Å². The van der Waals surface area contributed by atoms with E-state index in [1.54, 1.807) is 0 Å². The molecule has 0 aliphatic rings. The van der Waals surface area contributed by atoms with Gasteiger partial charge in [0.05, 0.1) is 67.3 Å². The summed E-state index contributed by atoms with van der Waals surface area (Å²) in [7, 11) is 0. The number of para-hydroxylation sites is 10. The maximum absolute atomic E-state index is 6.21. The van der Waals surface area contributed by atoms with Crippen LogP contribution in [0.4, 0.5) is 0 Å². The lowest BCUT2D eigenvalue weighted by atomic mass is 9.93. The van der Waals surface area contributed by atoms with Crippen molar-refractivity contribution in [3.05, 3.63) is 449 Å². The van der Waals surface area contributed by atoms with E-state index in [-0.39, 0.29) is 0 Å². The molecule has 26 aromatic rings. The molecule has 0 saturated carbocycles. The maximum Gasteiger partial charge on any atom is 0.136 e. The minimum atomic E-state index is 0.838. The van der Waals surface area contributed by atoms with Crippen molar-refractivity contribution < 1.29 is 17.7 Å². The van der Waals surface area contributed by atoms with Crippen molar-refractivity contribution in [1.82, 2.24) is 29.9 Å². The van der Waals surface area contributed by atoms with E-state index in [1.165, 1.54) is 16.7 Å². The Morgan fingerprint density at radius 1 is 0.108 bits per heavy atom. The highest BCUT2D eigenvalue weighted by Crippen LogP contribution is 2.44. The molecular formula is C120H74N6O4. The second-order valence-corrected chi connectivity index (χ2v) is 32.7. The summed E-state index contributed by atoms with van der Waals surface area (Å²) in [4.78, 5) is 31.0. The van der Waals surface area contributed by atoms with Crippen LogP contribution in [-0.2, 0) is 0 Å². The highest BCUT2D eigenvalue weighted by Gasteiger charge is 2.23. The predicted molar refractivity (Wildman–Crippen MR) is 533 cm³/mol. The number of hydrogen-bond acceptors (Lipinski definition) is 10. The molecule has 0 bridgehead atoms. The van der Waals surface area contributed by atoms with Gasteiger partial charge in [-0.1, -0.05) is 303 Å². The van der Waals surface area contributed by atoms with Crippen molar-refractivity contribution in [2.24, 2.45) is 0 Å². The lowest BCUT2D eigenvalue weighted by molar-refractivity contribution is 0.668. The third kappa shape index (κ3) is 14.4. The molecular weight excluding hydrogens is 1590 g/mol. The number of rotatable bonds is 12. The van der Waals surface area contributed by atoms with Crippen molar-refractivity contribution >= 4 is 121 Å². The van der Waals surface area contributed by atoms with Crippen LogP contribution in [0.15, 0.2) is 467 Å². The van der Waals surface area contributed by atoms with Crippen LogP contribution in [0.3, 0.4) is 0 Å². The Hall–Kier alpha value is -17.6. The number of furan rings is 4. The largest absolute Gasteiger partial charge is 0.456 e. The van der Waals surface area contributed by atoms with Gasteiger partial charge in [0.2, 0.25) is 0 Å². The zero-order valence-electron chi connectivity index (χ0n) is 70.0. The van der Waals surface area contributed by atoms with Gasteiger partial charge >= 0.3 is 0 Å². The zero-order valence-corrected chi connectivity index (χ0v) is 70.0. The Bertz CT molecular complexity index is 8810. The molecule has 0 fully saturated rings. The number of hydrogen-bond donors (Lipinski definition) is 0. The van der Waals surface area contributed by atoms with Crippen LogP contribution in [0.25, 0.3) is 255 Å². The van der Waals surface area contributed by atoms with Crippen LogP contribution in [-0.4, -0.2) is 29.9 Å². The number of aromatic nitrogens is 6. The molecule has 0 aliphatic carbocycles. The minimum Gasteiger partial charge on any atom is -0.456 e. The second-order valence-electron chi connectivity index (χ2n) is 32.7. The van der Waals surface area contributed by atoms with E-state index in [9.17, 15) is 0 Å². The summed E-state index contributed by atoms with van der Waals surface area (Å²) < 4.78 is 24.6. The third-order valence-corrected chi connectivity index (χ3v) is 24.6. The summed E-state index contributed by atoms with van der Waals surface area (Å²) in [5.41, 5.74) is 37.2. The summed E-state index contributed by atoms with van der Waals surface area (Å²) in [6.45, 7) is 0. The first-order valence-corrected chi connectivity index (χ1v) is 43.6. The normalized spacial score (nSPS) is 11.5. The lowest BCUT2D eigenvalue weighted by Gasteiger charge is -2.15. The summed E-state index contributed by atoms with van der Waals surface area (Å²) >= 11 is 0. The zero-order chi connectivity index (χ0) is 86.0. The molecule has 0 spiro atoms. The fourth-order valence-corrected chi connectivity index (χ4v) is 18.1. The molecule has 130 heavy (non-hydrogen) atoms. The molecule has 0 N–H and O–H groups in total. The SMILES string of the molecule is c1cc(-c2ccc3c(c2)oc2ccccc23)cc(-c2nc3ccccc3nc2-c2ccc3oc4ccccc4c3c2)c1.c1ccc(-c2cc(-c3ccccc3)cc(-c3nc4ccccc4nc3-c3ccc(-c4ccc5oc6ccccc6c5c4)cc3)c2)cc1.c1ccc(-c2cccc(-c3ccc(-c4nc5ccccc5nc4-c4ccc5c(c4)oc4ccccc45)cc3)c2)cc1. The van der Waals surface area contributed by atoms with Crippen molar-refractivity contribution in [2.75, 3.05) is 0 Å². The van der Waals surface area contributed by atoms with Gasteiger partial charge in [-0.25, -0.2) is 29.9 Å². The molecule has 7 aromatic heterocycles. The summed E-state index contributed by atoms with van der Waals surface area (Å²) in [6.07, 6.45) is 0. The molecule has 10 heteroatoms. The molecule has 608 valence electrons. The van der Waals surface area contributed by atoms with Crippen molar-refractivity contribution in [2.45, 2.75) is 0 Å². The number of benzene rings is 19.